The molecule has 3 fully saturated rings. The molecule has 2 aliphatic heterocycles. The zero-order valence-corrected chi connectivity index (χ0v) is 8.20. The third-order valence-electron chi connectivity index (χ3n) is 4.42. The fourth-order valence-corrected chi connectivity index (χ4v) is 3.38. The highest BCUT2D eigenvalue weighted by molar-refractivity contribution is 5.22. The number of nitriles is 1. The van der Waals surface area contributed by atoms with E-state index in [9.17, 15) is 10.4 Å². The van der Waals surface area contributed by atoms with Gasteiger partial charge < -0.3 is 9.84 Å². The van der Waals surface area contributed by atoms with Crippen molar-refractivity contribution in [2.24, 2.45) is 5.41 Å². The predicted molar refractivity (Wildman–Crippen MR) is 49.4 cm³/mol. The highest BCUT2D eigenvalue weighted by Crippen LogP contribution is 2.58. The first kappa shape index (κ1) is 8.70. The van der Waals surface area contributed by atoms with E-state index in [0.717, 1.165) is 38.5 Å². The standard InChI is InChI=1S/C11H15NO2/c12-7-10(11(13)4-1-5-11)6-8-2-3-9(10)14-8/h8-9,13H,1-6H2. The van der Waals surface area contributed by atoms with Crippen LogP contribution in [0.1, 0.15) is 38.5 Å². The van der Waals surface area contributed by atoms with Crippen molar-refractivity contribution in [2.75, 3.05) is 0 Å². The molecule has 3 heteroatoms. The van der Waals surface area contributed by atoms with Gasteiger partial charge in [-0.1, -0.05) is 0 Å². The number of rotatable bonds is 1. The fourth-order valence-electron chi connectivity index (χ4n) is 3.38. The zero-order valence-electron chi connectivity index (χ0n) is 8.20. The van der Waals surface area contributed by atoms with E-state index in [1.54, 1.807) is 0 Å². The summed E-state index contributed by atoms with van der Waals surface area (Å²) in [5.41, 5.74) is -1.31. The van der Waals surface area contributed by atoms with E-state index < -0.39 is 11.0 Å². The van der Waals surface area contributed by atoms with Crippen LogP contribution in [0.3, 0.4) is 0 Å². The molecule has 3 rings (SSSR count). The Bertz CT molecular complexity index is 305. The summed E-state index contributed by atoms with van der Waals surface area (Å²) in [5.74, 6) is 0. The smallest absolute Gasteiger partial charge is 0.114 e. The maximum absolute atomic E-state index is 10.4. The third-order valence-corrected chi connectivity index (χ3v) is 4.42. The summed E-state index contributed by atoms with van der Waals surface area (Å²) in [7, 11) is 0. The Kier molecular flexibility index (Phi) is 1.55. The Balaban J connectivity index is 1.96. The highest BCUT2D eigenvalue weighted by atomic mass is 16.5. The van der Waals surface area contributed by atoms with E-state index in [4.69, 9.17) is 4.74 Å². The molecule has 0 aromatic carbocycles. The second kappa shape index (κ2) is 2.50. The molecule has 3 atom stereocenters. The highest BCUT2D eigenvalue weighted by Gasteiger charge is 2.65. The van der Waals surface area contributed by atoms with E-state index in [0.29, 0.717) is 0 Å². The molecule has 1 aliphatic carbocycles. The fraction of sp³-hybridized carbons (Fsp3) is 0.909. The summed E-state index contributed by atoms with van der Waals surface area (Å²) in [5, 5.41) is 19.7. The molecule has 0 aromatic rings. The molecule has 2 bridgehead atoms. The molecule has 0 aromatic heterocycles. The van der Waals surface area contributed by atoms with Gasteiger partial charge in [-0.3, -0.25) is 0 Å². The first-order valence-electron chi connectivity index (χ1n) is 5.49. The SMILES string of the molecule is N#CC1(C2(O)CCC2)CC2CCC1O2. The topological polar surface area (TPSA) is 53.2 Å². The van der Waals surface area contributed by atoms with Crippen LogP contribution in [0.4, 0.5) is 0 Å². The van der Waals surface area contributed by atoms with Crippen molar-refractivity contribution in [3.63, 3.8) is 0 Å². The van der Waals surface area contributed by atoms with Crippen LogP contribution >= 0.6 is 0 Å². The van der Waals surface area contributed by atoms with Gasteiger partial charge in [-0.2, -0.15) is 5.26 Å². The molecule has 1 N–H and O–H groups in total. The first-order chi connectivity index (χ1) is 6.70. The number of hydrogen-bond acceptors (Lipinski definition) is 3. The Morgan fingerprint density at radius 2 is 2.14 bits per heavy atom. The van der Waals surface area contributed by atoms with Crippen molar-refractivity contribution in [3.8, 4) is 6.07 Å². The molecule has 2 heterocycles. The van der Waals surface area contributed by atoms with E-state index in [1.165, 1.54) is 0 Å². The lowest BCUT2D eigenvalue weighted by atomic mass is 9.56. The minimum Gasteiger partial charge on any atom is -0.388 e. The molecule has 2 saturated heterocycles. The van der Waals surface area contributed by atoms with Crippen molar-refractivity contribution < 1.29 is 9.84 Å². The van der Waals surface area contributed by atoms with Crippen LogP contribution < -0.4 is 0 Å². The van der Waals surface area contributed by atoms with E-state index in [2.05, 4.69) is 6.07 Å². The summed E-state index contributed by atoms with van der Waals surface area (Å²) in [6.07, 6.45) is 5.65. The Morgan fingerprint density at radius 1 is 1.36 bits per heavy atom. The molecular weight excluding hydrogens is 178 g/mol. The number of hydrogen-bond donors (Lipinski definition) is 1. The van der Waals surface area contributed by atoms with Crippen molar-refractivity contribution in [1.82, 2.24) is 0 Å². The monoisotopic (exact) mass is 193 g/mol. The molecule has 0 spiro atoms. The quantitative estimate of drug-likeness (QED) is 0.684. The third kappa shape index (κ3) is 0.796. The van der Waals surface area contributed by atoms with Gasteiger partial charge in [0.15, 0.2) is 0 Å². The molecule has 1 saturated carbocycles. The average molecular weight is 193 g/mol. The van der Waals surface area contributed by atoms with Gasteiger partial charge in [-0.25, -0.2) is 0 Å². The van der Waals surface area contributed by atoms with Gasteiger partial charge in [-0.05, 0) is 38.5 Å². The molecule has 14 heavy (non-hydrogen) atoms. The van der Waals surface area contributed by atoms with Gasteiger partial charge in [0.1, 0.15) is 5.41 Å². The first-order valence-corrected chi connectivity index (χ1v) is 5.49. The molecule has 3 unspecified atom stereocenters. The minimum absolute atomic E-state index is 0.00259. The Labute approximate surface area is 83.7 Å². The van der Waals surface area contributed by atoms with Gasteiger partial charge in [0, 0.05) is 0 Å². The van der Waals surface area contributed by atoms with Crippen molar-refractivity contribution >= 4 is 0 Å². The van der Waals surface area contributed by atoms with Gasteiger partial charge in [0.25, 0.3) is 0 Å². The number of ether oxygens (including phenoxy) is 1. The van der Waals surface area contributed by atoms with Crippen LogP contribution in [-0.4, -0.2) is 22.9 Å². The summed E-state index contributed by atoms with van der Waals surface area (Å²) in [4.78, 5) is 0. The second-order valence-electron chi connectivity index (χ2n) is 5.00. The van der Waals surface area contributed by atoms with E-state index in [1.807, 2.05) is 0 Å². The molecular formula is C11H15NO2. The van der Waals surface area contributed by atoms with Crippen LogP contribution in [0, 0.1) is 16.7 Å². The maximum Gasteiger partial charge on any atom is 0.114 e. The number of aliphatic hydroxyl groups is 1. The largest absolute Gasteiger partial charge is 0.388 e. The van der Waals surface area contributed by atoms with Crippen molar-refractivity contribution in [2.45, 2.75) is 56.3 Å². The lowest BCUT2D eigenvalue weighted by Crippen LogP contribution is -2.57. The lowest BCUT2D eigenvalue weighted by Gasteiger charge is -2.49. The van der Waals surface area contributed by atoms with E-state index in [-0.39, 0.29) is 12.2 Å². The average Bonchev–Trinajstić information content (AvgIpc) is 2.73. The van der Waals surface area contributed by atoms with Crippen molar-refractivity contribution in [1.29, 1.82) is 5.26 Å². The molecule has 3 aliphatic rings. The van der Waals surface area contributed by atoms with Gasteiger partial charge >= 0.3 is 0 Å². The van der Waals surface area contributed by atoms with Gasteiger partial charge in [-0.15, -0.1) is 0 Å². The summed E-state index contributed by atoms with van der Waals surface area (Å²) < 4.78 is 5.72. The zero-order chi connectivity index (χ0) is 9.81. The Morgan fingerprint density at radius 3 is 2.50 bits per heavy atom. The van der Waals surface area contributed by atoms with Crippen LogP contribution in [0.15, 0.2) is 0 Å². The van der Waals surface area contributed by atoms with Crippen LogP contribution in [0.5, 0.6) is 0 Å². The van der Waals surface area contributed by atoms with Gasteiger partial charge in [0.05, 0.1) is 23.9 Å². The van der Waals surface area contributed by atoms with Crippen LogP contribution in [0.25, 0.3) is 0 Å². The normalized spacial score (nSPS) is 48.6. The summed E-state index contributed by atoms with van der Waals surface area (Å²) in [6, 6.07) is 2.38. The number of fused-ring (bicyclic) bond motifs is 2. The predicted octanol–water partition coefficient (Wildman–Crippen LogP) is 1.36. The second-order valence-corrected chi connectivity index (χ2v) is 5.00. The van der Waals surface area contributed by atoms with Crippen LogP contribution in [0.2, 0.25) is 0 Å². The molecule has 0 amide bonds. The minimum atomic E-state index is -0.735. The number of nitrogens with zero attached hydrogens (tertiary/aromatic N) is 1. The van der Waals surface area contributed by atoms with Crippen molar-refractivity contribution in [3.05, 3.63) is 0 Å². The summed E-state index contributed by atoms with van der Waals surface area (Å²) in [6.45, 7) is 0. The van der Waals surface area contributed by atoms with Gasteiger partial charge in [0.2, 0.25) is 0 Å². The lowest BCUT2D eigenvalue weighted by molar-refractivity contribution is -0.135. The maximum atomic E-state index is 10.4. The molecule has 76 valence electrons. The Hall–Kier alpha value is -0.590. The molecule has 0 radical (unpaired) electrons. The molecule has 3 nitrogen and oxygen atoms in total. The van der Waals surface area contributed by atoms with Crippen LogP contribution in [-0.2, 0) is 4.74 Å². The van der Waals surface area contributed by atoms with E-state index >= 15 is 0 Å². The summed E-state index contributed by atoms with van der Waals surface area (Å²) >= 11 is 0.